The number of nitrogens with zero attached hydrogens (tertiary/aromatic N) is 2. The summed E-state index contributed by atoms with van der Waals surface area (Å²) < 4.78 is 5.83. The molecule has 3 heterocycles. The van der Waals surface area contributed by atoms with Crippen LogP contribution in [0.3, 0.4) is 0 Å². The van der Waals surface area contributed by atoms with E-state index in [1.54, 1.807) is 6.20 Å². The fraction of sp³-hybridized carbons (Fsp3) is 0.273. The van der Waals surface area contributed by atoms with Crippen molar-refractivity contribution in [1.82, 2.24) is 9.88 Å². The molecule has 2 aromatic carbocycles. The maximum Gasteiger partial charge on any atom is 0.257 e. The first-order valence-corrected chi connectivity index (χ1v) is 9.43. The van der Waals surface area contributed by atoms with Crippen molar-refractivity contribution in [2.24, 2.45) is 0 Å². The average molecular weight is 359 g/mol. The number of hydrogen-bond donors (Lipinski definition) is 1. The van der Waals surface area contributed by atoms with Gasteiger partial charge in [0, 0.05) is 36.0 Å². The van der Waals surface area contributed by atoms with Gasteiger partial charge >= 0.3 is 0 Å². The number of rotatable bonds is 3. The second-order valence-electron chi connectivity index (χ2n) is 7.11. The molecule has 0 radical (unpaired) electrons. The molecular formula is C22H21N3O2. The third-order valence-electron chi connectivity index (χ3n) is 5.41. The summed E-state index contributed by atoms with van der Waals surface area (Å²) in [5.74, 6) is 0.0396. The number of hydrogen-bond acceptors (Lipinski definition) is 4. The SMILES string of the molecule is O=C1c2ccccc2NC(c2cccc3cccnc23)N1CC1CCCO1. The topological polar surface area (TPSA) is 54.5 Å². The standard InChI is InChI=1S/C22H21N3O2/c26-22-17-9-1-2-11-19(17)24-21(25(22)14-16-8-5-13-27-16)18-10-3-6-15-7-4-12-23-20(15)18/h1-4,6-7,9-12,16,21,24H,5,8,13-14H2. The molecule has 0 saturated carbocycles. The molecule has 5 heteroatoms. The molecule has 1 saturated heterocycles. The molecule has 2 aliphatic rings. The summed E-state index contributed by atoms with van der Waals surface area (Å²) >= 11 is 0. The summed E-state index contributed by atoms with van der Waals surface area (Å²) in [5.41, 5.74) is 3.50. The molecule has 2 atom stereocenters. The molecule has 1 N–H and O–H groups in total. The first kappa shape index (κ1) is 16.3. The van der Waals surface area contributed by atoms with Crippen LogP contribution in [0.5, 0.6) is 0 Å². The maximum atomic E-state index is 13.3. The lowest BCUT2D eigenvalue weighted by molar-refractivity contribution is 0.0428. The highest BCUT2D eigenvalue weighted by atomic mass is 16.5. The molecule has 136 valence electrons. The van der Waals surface area contributed by atoms with Crippen molar-refractivity contribution < 1.29 is 9.53 Å². The van der Waals surface area contributed by atoms with Crippen molar-refractivity contribution in [3.8, 4) is 0 Å². The predicted molar refractivity (Wildman–Crippen MR) is 105 cm³/mol. The Kier molecular flexibility index (Phi) is 4.02. The molecule has 1 amide bonds. The van der Waals surface area contributed by atoms with E-state index in [1.807, 2.05) is 41.3 Å². The van der Waals surface area contributed by atoms with Crippen molar-refractivity contribution in [3.05, 3.63) is 71.9 Å². The van der Waals surface area contributed by atoms with E-state index in [0.717, 1.165) is 41.6 Å². The van der Waals surface area contributed by atoms with Crippen LogP contribution in [-0.2, 0) is 4.74 Å². The van der Waals surface area contributed by atoms with E-state index in [9.17, 15) is 4.79 Å². The molecule has 5 rings (SSSR count). The van der Waals surface area contributed by atoms with Gasteiger partial charge in [-0.1, -0.05) is 36.4 Å². The van der Waals surface area contributed by atoms with Gasteiger partial charge in [0.2, 0.25) is 0 Å². The minimum Gasteiger partial charge on any atom is -0.376 e. The Morgan fingerprint density at radius 1 is 1.11 bits per heavy atom. The number of pyridine rings is 1. The number of nitrogens with one attached hydrogen (secondary N) is 1. The molecule has 3 aromatic rings. The molecule has 1 fully saturated rings. The summed E-state index contributed by atoms with van der Waals surface area (Å²) in [7, 11) is 0. The number of aromatic nitrogens is 1. The minimum absolute atomic E-state index is 0.0396. The molecule has 1 aromatic heterocycles. The molecule has 2 unspecified atom stereocenters. The van der Waals surface area contributed by atoms with Crippen molar-refractivity contribution in [2.75, 3.05) is 18.5 Å². The summed E-state index contributed by atoms with van der Waals surface area (Å²) in [4.78, 5) is 19.8. The number of para-hydroxylation sites is 2. The molecule has 0 aliphatic carbocycles. The van der Waals surface area contributed by atoms with Crippen molar-refractivity contribution in [3.63, 3.8) is 0 Å². The molecule has 0 spiro atoms. The maximum absolute atomic E-state index is 13.3. The molecule has 27 heavy (non-hydrogen) atoms. The van der Waals surface area contributed by atoms with E-state index in [-0.39, 0.29) is 18.2 Å². The monoisotopic (exact) mass is 359 g/mol. The number of amides is 1. The number of fused-ring (bicyclic) bond motifs is 2. The van der Waals surface area contributed by atoms with E-state index < -0.39 is 0 Å². The van der Waals surface area contributed by atoms with E-state index in [2.05, 4.69) is 28.5 Å². The van der Waals surface area contributed by atoms with E-state index in [1.165, 1.54) is 0 Å². The Morgan fingerprint density at radius 3 is 2.89 bits per heavy atom. The van der Waals surface area contributed by atoms with Crippen LogP contribution in [0.4, 0.5) is 5.69 Å². The van der Waals surface area contributed by atoms with Crippen LogP contribution in [0, 0.1) is 0 Å². The Bertz CT molecular complexity index is 992. The number of benzene rings is 2. The quantitative estimate of drug-likeness (QED) is 0.768. The van der Waals surface area contributed by atoms with Gasteiger partial charge in [-0.15, -0.1) is 0 Å². The summed E-state index contributed by atoms with van der Waals surface area (Å²) in [6.07, 6.45) is 3.67. The summed E-state index contributed by atoms with van der Waals surface area (Å²) in [6.45, 7) is 1.35. The van der Waals surface area contributed by atoms with Gasteiger partial charge < -0.3 is 15.0 Å². The Hall–Kier alpha value is -2.92. The average Bonchev–Trinajstić information content (AvgIpc) is 3.23. The zero-order valence-corrected chi connectivity index (χ0v) is 15.0. The van der Waals surface area contributed by atoms with Gasteiger partial charge in [0.05, 0.1) is 17.2 Å². The summed E-state index contributed by atoms with van der Waals surface area (Å²) in [5, 5.41) is 4.64. The van der Waals surface area contributed by atoms with Gasteiger partial charge in [0.25, 0.3) is 5.91 Å². The third kappa shape index (κ3) is 2.84. The lowest BCUT2D eigenvalue weighted by atomic mass is 10.0. The van der Waals surface area contributed by atoms with Crippen LogP contribution in [0.1, 0.15) is 34.9 Å². The lowest BCUT2D eigenvalue weighted by Crippen LogP contribution is -2.46. The molecule has 0 bridgehead atoms. The van der Waals surface area contributed by atoms with Crippen LogP contribution in [0.15, 0.2) is 60.8 Å². The van der Waals surface area contributed by atoms with Gasteiger partial charge in [-0.05, 0) is 31.0 Å². The number of ether oxygens (including phenoxy) is 1. The van der Waals surface area contributed by atoms with Gasteiger partial charge in [-0.3, -0.25) is 9.78 Å². The summed E-state index contributed by atoms with van der Waals surface area (Å²) in [6, 6.07) is 17.8. The van der Waals surface area contributed by atoms with Crippen LogP contribution < -0.4 is 5.32 Å². The first-order valence-electron chi connectivity index (χ1n) is 9.43. The van der Waals surface area contributed by atoms with Crippen molar-refractivity contribution in [2.45, 2.75) is 25.1 Å². The Morgan fingerprint density at radius 2 is 2.00 bits per heavy atom. The second kappa shape index (κ2) is 6.67. The van der Waals surface area contributed by atoms with Gasteiger partial charge in [0.15, 0.2) is 0 Å². The Labute approximate surface area is 158 Å². The van der Waals surface area contributed by atoms with Crippen LogP contribution in [0.2, 0.25) is 0 Å². The molecular weight excluding hydrogens is 338 g/mol. The first-order chi connectivity index (χ1) is 13.3. The van der Waals surface area contributed by atoms with Gasteiger partial charge in [-0.2, -0.15) is 0 Å². The fourth-order valence-corrected chi connectivity index (χ4v) is 4.08. The van der Waals surface area contributed by atoms with Gasteiger partial charge in [0.1, 0.15) is 6.17 Å². The van der Waals surface area contributed by atoms with Crippen LogP contribution in [0.25, 0.3) is 10.9 Å². The molecule has 2 aliphatic heterocycles. The van der Waals surface area contributed by atoms with Gasteiger partial charge in [-0.25, -0.2) is 0 Å². The number of carbonyl (C=O) groups is 1. The van der Waals surface area contributed by atoms with E-state index >= 15 is 0 Å². The zero-order valence-electron chi connectivity index (χ0n) is 15.0. The lowest BCUT2D eigenvalue weighted by Gasteiger charge is -2.39. The van der Waals surface area contributed by atoms with Crippen LogP contribution in [-0.4, -0.2) is 35.0 Å². The van der Waals surface area contributed by atoms with E-state index in [0.29, 0.717) is 12.1 Å². The molecule has 5 nitrogen and oxygen atoms in total. The van der Waals surface area contributed by atoms with Crippen molar-refractivity contribution >= 4 is 22.5 Å². The fourth-order valence-electron chi connectivity index (χ4n) is 4.08. The Balaban J connectivity index is 1.62. The number of anilines is 1. The third-order valence-corrected chi connectivity index (χ3v) is 5.41. The van der Waals surface area contributed by atoms with Crippen molar-refractivity contribution in [1.29, 1.82) is 0 Å². The highest BCUT2D eigenvalue weighted by Crippen LogP contribution is 2.36. The predicted octanol–water partition coefficient (Wildman–Crippen LogP) is 3.98. The second-order valence-corrected chi connectivity index (χ2v) is 7.11. The zero-order chi connectivity index (χ0) is 18.2. The van der Waals surface area contributed by atoms with Crippen LogP contribution >= 0.6 is 0 Å². The van der Waals surface area contributed by atoms with E-state index in [4.69, 9.17) is 4.74 Å². The highest BCUT2D eigenvalue weighted by molar-refractivity contribution is 6.02. The largest absolute Gasteiger partial charge is 0.376 e. The number of carbonyl (C=O) groups excluding carboxylic acids is 1. The highest BCUT2D eigenvalue weighted by Gasteiger charge is 2.36. The minimum atomic E-state index is -0.268. The smallest absolute Gasteiger partial charge is 0.257 e. The normalized spacial score (nSPS) is 21.9.